The zero-order valence-electron chi connectivity index (χ0n) is 15.4. The molecule has 1 aromatic rings. The average molecular weight is 320 g/mol. The van der Waals surface area contributed by atoms with Gasteiger partial charge in [-0.1, -0.05) is 38.1 Å². The SMILES string of the molecule is CC(C)Cc1ccc(CNC(C)CNC(=O)OC(C)(C)C)cc1. The Balaban J connectivity index is 2.30. The molecule has 2 N–H and O–H groups in total. The average Bonchev–Trinajstić information content (AvgIpc) is 2.42. The highest BCUT2D eigenvalue weighted by molar-refractivity contribution is 5.67. The van der Waals surface area contributed by atoms with Crippen LogP contribution in [0.25, 0.3) is 0 Å². The van der Waals surface area contributed by atoms with Gasteiger partial charge < -0.3 is 15.4 Å². The second-order valence-electron chi connectivity index (χ2n) is 7.58. The van der Waals surface area contributed by atoms with Gasteiger partial charge in [0.15, 0.2) is 0 Å². The molecule has 1 aromatic carbocycles. The quantitative estimate of drug-likeness (QED) is 0.801. The highest BCUT2D eigenvalue weighted by Gasteiger charge is 2.16. The van der Waals surface area contributed by atoms with E-state index in [2.05, 4.69) is 48.7 Å². The van der Waals surface area contributed by atoms with Gasteiger partial charge in [-0.15, -0.1) is 0 Å². The summed E-state index contributed by atoms with van der Waals surface area (Å²) in [7, 11) is 0. The van der Waals surface area contributed by atoms with Crippen LogP contribution in [-0.2, 0) is 17.7 Å². The summed E-state index contributed by atoms with van der Waals surface area (Å²) >= 11 is 0. The first kappa shape index (κ1) is 19.5. The molecule has 0 aliphatic heterocycles. The Bertz CT molecular complexity index is 475. The number of alkyl carbamates (subject to hydrolysis) is 1. The fourth-order valence-corrected chi connectivity index (χ4v) is 2.18. The van der Waals surface area contributed by atoms with Crippen molar-refractivity contribution < 1.29 is 9.53 Å². The van der Waals surface area contributed by atoms with E-state index in [1.807, 2.05) is 27.7 Å². The largest absolute Gasteiger partial charge is 0.444 e. The van der Waals surface area contributed by atoms with Crippen LogP contribution in [0.2, 0.25) is 0 Å². The van der Waals surface area contributed by atoms with Crippen molar-refractivity contribution in [1.29, 1.82) is 0 Å². The van der Waals surface area contributed by atoms with Crippen molar-refractivity contribution in [3.05, 3.63) is 35.4 Å². The van der Waals surface area contributed by atoms with Crippen molar-refractivity contribution >= 4 is 6.09 Å². The minimum Gasteiger partial charge on any atom is -0.444 e. The fourth-order valence-electron chi connectivity index (χ4n) is 2.18. The van der Waals surface area contributed by atoms with Gasteiger partial charge >= 0.3 is 6.09 Å². The van der Waals surface area contributed by atoms with Crippen molar-refractivity contribution in [2.24, 2.45) is 5.92 Å². The summed E-state index contributed by atoms with van der Waals surface area (Å²) in [5.74, 6) is 0.679. The molecule has 0 radical (unpaired) electrons. The van der Waals surface area contributed by atoms with E-state index in [-0.39, 0.29) is 12.1 Å². The number of nitrogens with one attached hydrogen (secondary N) is 2. The number of carbonyl (C=O) groups is 1. The van der Waals surface area contributed by atoms with Crippen molar-refractivity contribution in [2.75, 3.05) is 6.54 Å². The van der Waals surface area contributed by atoms with E-state index in [0.717, 1.165) is 13.0 Å². The zero-order valence-corrected chi connectivity index (χ0v) is 15.4. The Morgan fingerprint density at radius 3 is 2.17 bits per heavy atom. The van der Waals surface area contributed by atoms with Gasteiger partial charge in [0.25, 0.3) is 0 Å². The normalized spacial score (nSPS) is 13.0. The van der Waals surface area contributed by atoms with Crippen LogP contribution in [0.3, 0.4) is 0 Å². The molecule has 0 fully saturated rings. The number of carbonyl (C=O) groups excluding carboxylic acids is 1. The number of hydrogen-bond donors (Lipinski definition) is 2. The molecule has 1 atom stereocenters. The first-order chi connectivity index (χ1) is 10.7. The molecule has 0 aliphatic rings. The highest BCUT2D eigenvalue weighted by atomic mass is 16.6. The van der Waals surface area contributed by atoms with Crippen LogP contribution < -0.4 is 10.6 Å². The van der Waals surface area contributed by atoms with Gasteiger partial charge in [0.2, 0.25) is 0 Å². The minimum atomic E-state index is -0.460. The number of ether oxygens (including phenoxy) is 1. The molecule has 0 aromatic heterocycles. The van der Waals surface area contributed by atoms with Gasteiger partial charge in [0.05, 0.1) is 0 Å². The van der Waals surface area contributed by atoms with Gasteiger partial charge in [-0.2, -0.15) is 0 Å². The summed E-state index contributed by atoms with van der Waals surface area (Å²) < 4.78 is 5.22. The van der Waals surface area contributed by atoms with E-state index in [1.54, 1.807) is 0 Å². The van der Waals surface area contributed by atoms with Crippen LogP contribution in [0.4, 0.5) is 4.79 Å². The third-order valence-electron chi connectivity index (χ3n) is 3.27. The summed E-state index contributed by atoms with van der Waals surface area (Å²) in [6.45, 7) is 13.4. The molecular formula is C19H32N2O2. The van der Waals surface area contributed by atoms with Crippen LogP contribution in [0.5, 0.6) is 0 Å². The molecule has 0 saturated heterocycles. The second kappa shape index (κ2) is 8.92. The Hall–Kier alpha value is -1.55. The topological polar surface area (TPSA) is 50.4 Å². The lowest BCUT2D eigenvalue weighted by molar-refractivity contribution is 0.0523. The first-order valence-corrected chi connectivity index (χ1v) is 8.44. The predicted molar refractivity (Wildman–Crippen MR) is 95.5 cm³/mol. The van der Waals surface area contributed by atoms with E-state index in [4.69, 9.17) is 4.74 Å². The minimum absolute atomic E-state index is 0.179. The zero-order chi connectivity index (χ0) is 17.5. The van der Waals surface area contributed by atoms with E-state index >= 15 is 0 Å². The molecule has 1 rings (SSSR count). The molecule has 1 unspecified atom stereocenters. The van der Waals surface area contributed by atoms with E-state index in [1.165, 1.54) is 11.1 Å². The van der Waals surface area contributed by atoms with Crippen molar-refractivity contribution in [1.82, 2.24) is 10.6 Å². The molecule has 23 heavy (non-hydrogen) atoms. The van der Waals surface area contributed by atoms with Crippen LogP contribution in [0, 0.1) is 5.92 Å². The maximum absolute atomic E-state index is 11.6. The molecule has 0 saturated carbocycles. The van der Waals surface area contributed by atoms with Crippen molar-refractivity contribution in [2.45, 2.75) is 66.2 Å². The Morgan fingerprint density at radius 2 is 1.65 bits per heavy atom. The van der Waals surface area contributed by atoms with Crippen LogP contribution >= 0.6 is 0 Å². The molecule has 0 spiro atoms. The Morgan fingerprint density at radius 1 is 1.09 bits per heavy atom. The lowest BCUT2D eigenvalue weighted by atomic mass is 10.0. The number of rotatable bonds is 7. The van der Waals surface area contributed by atoms with Gasteiger partial charge in [-0.3, -0.25) is 0 Å². The maximum Gasteiger partial charge on any atom is 0.407 e. The standard InChI is InChI=1S/C19H32N2O2/c1-14(2)11-16-7-9-17(10-8-16)13-20-15(3)12-21-18(22)23-19(4,5)6/h7-10,14-15,20H,11-13H2,1-6H3,(H,21,22). The summed E-state index contributed by atoms with van der Waals surface area (Å²) in [5, 5.41) is 6.19. The lowest BCUT2D eigenvalue weighted by Crippen LogP contribution is -2.40. The first-order valence-electron chi connectivity index (χ1n) is 8.44. The Labute approximate surface area is 141 Å². The molecule has 0 aliphatic carbocycles. The van der Waals surface area contributed by atoms with Crippen LogP contribution in [-0.4, -0.2) is 24.3 Å². The van der Waals surface area contributed by atoms with Crippen LogP contribution in [0.15, 0.2) is 24.3 Å². The summed E-state index contributed by atoms with van der Waals surface area (Å²) in [4.78, 5) is 11.6. The Kier molecular flexibility index (Phi) is 7.56. The fraction of sp³-hybridized carbons (Fsp3) is 0.632. The summed E-state index contributed by atoms with van der Waals surface area (Å²) in [5.41, 5.74) is 2.17. The van der Waals surface area contributed by atoms with E-state index in [0.29, 0.717) is 12.5 Å². The van der Waals surface area contributed by atoms with Gasteiger partial charge in [0.1, 0.15) is 5.60 Å². The van der Waals surface area contributed by atoms with E-state index in [9.17, 15) is 4.79 Å². The molecular weight excluding hydrogens is 288 g/mol. The van der Waals surface area contributed by atoms with Gasteiger partial charge in [0, 0.05) is 19.1 Å². The molecule has 0 heterocycles. The second-order valence-corrected chi connectivity index (χ2v) is 7.58. The predicted octanol–water partition coefficient (Wildman–Crippen LogP) is 3.89. The highest BCUT2D eigenvalue weighted by Crippen LogP contribution is 2.10. The number of hydrogen-bond acceptors (Lipinski definition) is 3. The van der Waals surface area contributed by atoms with Gasteiger partial charge in [-0.05, 0) is 51.2 Å². The van der Waals surface area contributed by atoms with Crippen molar-refractivity contribution in [3.8, 4) is 0 Å². The number of amides is 1. The van der Waals surface area contributed by atoms with Crippen molar-refractivity contribution in [3.63, 3.8) is 0 Å². The summed E-state index contributed by atoms with van der Waals surface area (Å²) in [6.07, 6.45) is 0.744. The van der Waals surface area contributed by atoms with Gasteiger partial charge in [-0.25, -0.2) is 4.79 Å². The maximum atomic E-state index is 11.6. The molecule has 130 valence electrons. The lowest BCUT2D eigenvalue weighted by Gasteiger charge is -2.21. The third kappa shape index (κ3) is 9.24. The third-order valence-corrected chi connectivity index (χ3v) is 3.27. The van der Waals surface area contributed by atoms with E-state index < -0.39 is 5.60 Å². The monoisotopic (exact) mass is 320 g/mol. The molecule has 0 bridgehead atoms. The smallest absolute Gasteiger partial charge is 0.407 e. The summed E-state index contributed by atoms with van der Waals surface area (Å²) in [6, 6.07) is 8.90. The van der Waals surface area contributed by atoms with Crippen LogP contribution in [0.1, 0.15) is 52.7 Å². The number of benzene rings is 1. The molecule has 4 nitrogen and oxygen atoms in total. The molecule has 1 amide bonds. The molecule has 4 heteroatoms.